The molecule has 4 aromatic rings. The molecule has 1 unspecified atom stereocenters. The average Bonchev–Trinajstić information content (AvgIpc) is 3.42. The van der Waals surface area contributed by atoms with Crippen LogP contribution in [0.25, 0.3) is 16.8 Å². The molecule has 29 heavy (non-hydrogen) atoms. The second-order valence-corrected chi connectivity index (χ2v) is 7.25. The van der Waals surface area contributed by atoms with E-state index in [1.807, 2.05) is 34.9 Å². The van der Waals surface area contributed by atoms with Gasteiger partial charge in [0, 0.05) is 41.9 Å². The van der Waals surface area contributed by atoms with Crippen molar-refractivity contribution in [1.29, 1.82) is 0 Å². The Balaban J connectivity index is 1.44. The van der Waals surface area contributed by atoms with E-state index in [1.54, 1.807) is 19.4 Å². The molecular formula is C22H21N5O2. The highest BCUT2D eigenvalue weighted by Gasteiger charge is 2.17. The minimum atomic E-state index is -0.595. The Morgan fingerprint density at radius 2 is 2.07 bits per heavy atom. The zero-order valence-electron chi connectivity index (χ0n) is 16.1. The van der Waals surface area contributed by atoms with Crippen molar-refractivity contribution in [3.8, 4) is 16.9 Å². The molecule has 0 bridgehead atoms. The van der Waals surface area contributed by atoms with Crippen LogP contribution in [0.1, 0.15) is 35.7 Å². The fourth-order valence-corrected chi connectivity index (χ4v) is 3.84. The van der Waals surface area contributed by atoms with Crippen molar-refractivity contribution in [3.05, 3.63) is 71.7 Å². The van der Waals surface area contributed by atoms with Crippen LogP contribution >= 0.6 is 0 Å². The first kappa shape index (κ1) is 17.8. The summed E-state index contributed by atoms with van der Waals surface area (Å²) in [5, 5.41) is 18.1. The van der Waals surface area contributed by atoms with Crippen molar-refractivity contribution >= 4 is 5.65 Å². The van der Waals surface area contributed by atoms with E-state index in [-0.39, 0.29) is 0 Å². The lowest BCUT2D eigenvalue weighted by molar-refractivity contribution is 0.194. The van der Waals surface area contributed by atoms with Crippen molar-refractivity contribution in [2.75, 3.05) is 6.61 Å². The number of pyridine rings is 1. The van der Waals surface area contributed by atoms with Gasteiger partial charge in [-0.05, 0) is 31.0 Å². The number of ether oxygens (including phenoxy) is 1. The monoisotopic (exact) mass is 387 g/mol. The van der Waals surface area contributed by atoms with Gasteiger partial charge >= 0.3 is 0 Å². The normalized spacial score (nSPS) is 14.0. The minimum absolute atomic E-state index is 0.595. The molecule has 0 aliphatic carbocycles. The molecule has 0 saturated heterocycles. The SMILES string of the molecule is CC(O)c1ccc(-c2cnc(CCc3cccc4c3CCO4)n3cnnc23)cn1. The van der Waals surface area contributed by atoms with Crippen LogP contribution in [0.2, 0.25) is 0 Å². The van der Waals surface area contributed by atoms with Crippen LogP contribution in [0.3, 0.4) is 0 Å². The van der Waals surface area contributed by atoms with E-state index in [0.717, 1.165) is 54.2 Å². The predicted molar refractivity (Wildman–Crippen MR) is 108 cm³/mol. The van der Waals surface area contributed by atoms with Gasteiger partial charge in [-0.3, -0.25) is 9.38 Å². The molecule has 1 aliphatic rings. The number of benzene rings is 1. The summed E-state index contributed by atoms with van der Waals surface area (Å²) >= 11 is 0. The van der Waals surface area contributed by atoms with Crippen molar-refractivity contribution in [2.45, 2.75) is 32.3 Å². The van der Waals surface area contributed by atoms with Gasteiger partial charge in [-0.25, -0.2) is 4.98 Å². The van der Waals surface area contributed by atoms with Crippen LogP contribution < -0.4 is 4.74 Å². The molecule has 1 atom stereocenters. The van der Waals surface area contributed by atoms with E-state index in [9.17, 15) is 5.11 Å². The lowest BCUT2D eigenvalue weighted by Gasteiger charge is -2.10. The van der Waals surface area contributed by atoms with Crippen molar-refractivity contribution in [1.82, 2.24) is 24.6 Å². The zero-order valence-corrected chi connectivity index (χ0v) is 16.1. The Morgan fingerprint density at radius 1 is 1.14 bits per heavy atom. The minimum Gasteiger partial charge on any atom is -0.493 e. The summed E-state index contributed by atoms with van der Waals surface area (Å²) in [4.78, 5) is 9.03. The van der Waals surface area contributed by atoms with Crippen molar-refractivity contribution in [3.63, 3.8) is 0 Å². The van der Waals surface area contributed by atoms with E-state index in [2.05, 4.69) is 21.2 Å². The molecule has 4 heterocycles. The first-order chi connectivity index (χ1) is 14.2. The lowest BCUT2D eigenvalue weighted by atomic mass is 10.0. The van der Waals surface area contributed by atoms with Gasteiger partial charge in [0.1, 0.15) is 17.9 Å². The molecule has 0 fully saturated rings. The Labute approximate surface area is 168 Å². The van der Waals surface area contributed by atoms with Gasteiger partial charge < -0.3 is 9.84 Å². The summed E-state index contributed by atoms with van der Waals surface area (Å²) in [7, 11) is 0. The molecule has 7 nitrogen and oxygen atoms in total. The van der Waals surface area contributed by atoms with E-state index in [0.29, 0.717) is 5.69 Å². The summed E-state index contributed by atoms with van der Waals surface area (Å²) in [6, 6.07) is 10.00. The molecule has 146 valence electrons. The third-order valence-electron chi connectivity index (χ3n) is 5.39. The maximum absolute atomic E-state index is 9.66. The van der Waals surface area contributed by atoms with Crippen molar-refractivity contribution < 1.29 is 9.84 Å². The van der Waals surface area contributed by atoms with Crippen LogP contribution in [0.5, 0.6) is 5.75 Å². The highest BCUT2D eigenvalue weighted by Crippen LogP contribution is 2.29. The molecule has 5 rings (SSSR count). The molecule has 3 aromatic heterocycles. The first-order valence-electron chi connectivity index (χ1n) is 9.76. The standard InChI is InChI=1S/C22H21N5O2/c1-14(28)19-7-5-16(11-23-19)18-12-24-21(27-13-25-26-22(18)27)8-6-15-3-2-4-20-17(15)9-10-29-20/h2-5,7,11-14,28H,6,8-10H2,1H3. The number of aliphatic hydroxyl groups is 1. The smallest absolute Gasteiger partial charge is 0.171 e. The van der Waals surface area contributed by atoms with Gasteiger partial charge in [-0.2, -0.15) is 0 Å². The molecule has 1 aliphatic heterocycles. The molecule has 0 saturated carbocycles. The number of nitrogens with zero attached hydrogens (tertiary/aromatic N) is 5. The van der Waals surface area contributed by atoms with Gasteiger partial charge in [0.15, 0.2) is 5.65 Å². The van der Waals surface area contributed by atoms with Crippen LogP contribution in [-0.2, 0) is 19.3 Å². The average molecular weight is 387 g/mol. The number of hydrogen-bond donors (Lipinski definition) is 1. The van der Waals surface area contributed by atoms with Gasteiger partial charge in [-0.1, -0.05) is 18.2 Å². The largest absolute Gasteiger partial charge is 0.493 e. The van der Waals surface area contributed by atoms with Crippen LogP contribution in [0, 0.1) is 0 Å². The molecule has 1 aromatic carbocycles. The summed E-state index contributed by atoms with van der Waals surface area (Å²) in [6.07, 6.45) is 7.31. The third kappa shape index (κ3) is 3.23. The molecule has 0 radical (unpaired) electrons. The maximum atomic E-state index is 9.66. The van der Waals surface area contributed by atoms with E-state index < -0.39 is 6.10 Å². The number of aromatic nitrogens is 5. The number of fused-ring (bicyclic) bond motifs is 2. The Bertz CT molecular complexity index is 1170. The van der Waals surface area contributed by atoms with Gasteiger partial charge in [0.2, 0.25) is 0 Å². The Morgan fingerprint density at radius 3 is 2.90 bits per heavy atom. The molecule has 0 amide bonds. The van der Waals surface area contributed by atoms with E-state index in [4.69, 9.17) is 9.72 Å². The highest BCUT2D eigenvalue weighted by molar-refractivity contribution is 5.76. The molecule has 7 heteroatoms. The zero-order chi connectivity index (χ0) is 19.8. The maximum Gasteiger partial charge on any atom is 0.171 e. The van der Waals surface area contributed by atoms with Gasteiger partial charge in [0.05, 0.1) is 18.4 Å². The van der Waals surface area contributed by atoms with Crippen LogP contribution in [-0.4, -0.2) is 36.3 Å². The molecule has 1 N–H and O–H groups in total. The summed E-state index contributed by atoms with van der Waals surface area (Å²) in [5.41, 5.74) is 5.77. The Hall–Kier alpha value is -3.32. The van der Waals surface area contributed by atoms with Gasteiger partial charge in [0.25, 0.3) is 0 Å². The summed E-state index contributed by atoms with van der Waals surface area (Å²) in [6.45, 7) is 2.46. The number of aryl methyl sites for hydroxylation is 2. The second kappa shape index (κ2) is 7.25. The third-order valence-corrected chi connectivity index (χ3v) is 5.39. The fourth-order valence-electron chi connectivity index (χ4n) is 3.84. The Kier molecular flexibility index (Phi) is 4.44. The predicted octanol–water partition coefficient (Wildman–Crippen LogP) is 2.96. The lowest BCUT2D eigenvalue weighted by Crippen LogP contribution is -2.05. The molecular weight excluding hydrogens is 366 g/mol. The summed E-state index contributed by atoms with van der Waals surface area (Å²) in [5.74, 6) is 1.92. The number of aliphatic hydroxyl groups excluding tert-OH is 1. The number of hydrogen-bond acceptors (Lipinski definition) is 6. The summed E-state index contributed by atoms with van der Waals surface area (Å²) < 4.78 is 7.62. The van der Waals surface area contributed by atoms with E-state index >= 15 is 0 Å². The quantitative estimate of drug-likeness (QED) is 0.567. The first-order valence-corrected chi connectivity index (χ1v) is 9.76. The molecule has 0 spiro atoms. The topological polar surface area (TPSA) is 85.4 Å². The van der Waals surface area contributed by atoms with Gasteiger partial charge in [-0.15, -0.1) is 10.2 Å². The number of rotatable bonds is 5. The fraction of sp³-hybridized carbons (Fsp3) is 0.273. The second-order valence-electron chi connectivity index (χ2n) is 7.25. The van der Waals surface area contributed by atoms with E-state index in [1.165, 1.54) is 11.1 Å². The van der Waals surface area contributed by atoms with Crippen LogP contribution in [0.4, 0.5) is 0 Å². The highest BCUT2D eigenvalue weighted by atomic mass is 16.5. The van der Waals surface area contributed by atoms with Crippen molar-refractivity contribution in [2.24, 2.45) is 0 Å². The van der Waals surface area contributed by atoms with Crippen LogP contribution in [0.15, 0.2) is 49.1 Å².